The van der Waals surface area contributed by atoms with Crippen molar-refractivity contribution in [2.24, 2.45) is 4.99 Å². The molecule has 6 heteroatoms. The average molecular weight is 412 g/mol. The lowest BCUT2D eigenvalue weighted by atomic mass is 9.68. The number of aromatic nitrogens is 1. The Balaban J connectivity index is 1.71. The molecule has 0 N–H and O–H groups in total. The number of para-hydroxylation sites is 1. The number of hydrogen-bond donors (Lipinski definition) is 0. The first kappa shape index (κ1) is 19.2. The second-order valence-corrected chi connectivity index (χ2v) is 7.78. The molecule has 154 valence electrons. The Morgan fingerprint density at radius 2 is 1.84 bits per heavy atom. The van der Waals surface area contributed by atoms with Crippen molar-refractivity contribution in [3.63, 3.8) is 0 Å². The first-order valence-electron chi connectivity index (χ1n) is 10.0. The maximum atomic E-state index is 13.7. The van der Waals surface area contributed by atoms with Gasteiger partial charge >= 0.3 is 5.97 Å². The summed E-state index contributed by atoms with van der Waals surface area (Å²) in [5.74, 6) is -1.01. The highest BCUT2D eigenvalue weighted by Gasteiger charge is 2.67. The van der Waals surface area contributed by atoms with Crippen molar-refractivity contribution in [3.8, 4) is 5.75 Å². The number of carbonyl (C=O) groups excluding carboxylic acids is 2. The molecule has 1 spiro atoms. The second kappa shape index (κ2) is 7.16. The van der Waals surface area contributed by atoms with E-state index in [1.54, 1.807) is 36.7 Å². The number of fused-ring (bicyclic) bond motifs is 1. The number of carbonyl (C=O) groups is 2. The summed E-state index contributed by atoms with van der Waals surface area (Å²) in [5, 5.41) is 0. The Labute approximate surface area is 179 Å². The van der Waals surface area contributed by atoms with Crippen LogP contribution in [0.3, 0.4) is 0 Å². The number of Topliss-reactive ketones (excluding diaryl/α,β-unsaturated/α-hetero) is 1. The van der Waals surface area contributed by atoms with Gasteiger partial charge in [-0.15, -0.1) is 0 Å². The zero-order chi connectivity index (χ0) is 21.5. The highest BCUT2D eigenvalue weighted by Crippen LogP contribution is 2.52. The van der Waals surface area contributed by atoms with Crippen LogP contribution in [-0.4, -0.2) is 41.2 Å². The fourth-order valence-corrected chi connectivity index (χ4v) is 4.72. The van der Waals surface area contributed by atoms with Gasteiger partial charge in [0.15, 0.2) is 5.54 Å². The standard InChI is InChI=1S/C25H20N2O4/c1-30-23(29)24(14-17-8-3-2-4-9-17)21(18-10-7-13-26-15-18)25(16-27-24)22(28)19-11-5-6-12-20(19)31-25/h2-13,15-16,21H,14H2,1H3/t21-,24+,25+/m0/s1. The maximum absolute atomic E-state index is 13.7. The Morgan fingerprint density at radius 1 is 1.06 bits per heavy atom. The minimum Gasteiger partial charge on any atom is -0.472 e. The zero-order valence-corrected chi connectivity index (χ0v) is 16.9. The number of aliphatic imine (C=N–C) groups is 1. The van der Waals surface area contributed by atoms with E-state index < -0.39 is 23.0 Å². The van der Waals surface area contributed by atoms with E-state index in [4.69, 9.17) is 9.47 Å². The lowest BCUT2D eigenvalue weighted by molar-refractivity contribution is -0.148. The van der Waals surface area contributed by atoms with Crippen LogP contribution in [0.5, 0.6) is 5.75 Å². The molecule has 0 bridgehead atoms. The summed E-state index contributed by atoms with van der Waals surface area (Å²) in [6.07, 6.45) is 5.05. The lowest BCUT2D eigenvalue weighted by Gasteiger charge is -2.37. The maximum Gasteiger partial charge on any atom is 0.334 e. The molecule has 3 heterocycles. The van der Waals surface area contributed by atoms with Crippen LogP contribution in [0, 0.1) is 0 Å². The van der Waals surface area contributed by atoms with E-state index in [1.807, 2.05) is 42.5 Å². The molecule has 0 unspecified atom stereocenters. The summed E-state index contributed by atoms with van der Waals surface area (Å²) in [7, 11) is 1.34. The van der Waals surface area contributed by atoms with E-state index in [2.05, 4.69) is 9.98 Å². The molecule has 2 aliphatic heterocycles. The van der Waals surface area contributed by atoms with Crippen molar-refractivity contribution in [2.45, 2.75) is 23.5 Å². The third kappa shape index (κ3) is 2.79. The Morgan fingerprint density at radius 3 is 2.55 bits per heavy atom. The van der Waals surface area contributed by atoms with Gasteiger partial charge in [-0.1, -0.05) is 48.5 Å². The minimum atomic E-state index is -1.45. The van der Waals surface area contributed by atoms with Gasteiger partial charge in [0.25, 0.3) is 0 Å². The van der Waals surface area contributed by atoms with E-state index in [9.17, 15) is 9.59 Å². The number of benzene rings is 2. The highest BCUT2D eigenvalue weighted by atomic mass is 16.5. The minimum absolute atomic E-state index is 0.223. The Kier molecular flexibility index (Phi) is 4.43. The van der Waals surface area contributed by atoms with Gasteiger partial charge < -0.3 is 9.47 Å². The number of pyridine rings is 1. The average Bonchev–Trinajstić information content (AvgIpc) is 3.29. The molecule has 6 nitrogen and oxygen atoms in total. The molecule has 3 atom stereocenters. The summed E-state index contributed by atoms with van der Waals surface area (Å²) in [4.78, 5) is 35.9. The molecule has 3 aromatic rings. The highest BCUT2D eigenvalue weighted by molar-refractivity contribution is 6.19. The van der Waals surface area contributed by atoms with Gasteiger partial charge in [-0.05, 0) is 29.3 Å². The number of nitrogens with zero attached hydrogens (tertiary/aromatic N) is 2. The van der Waals surface area contributed by atoms with Gasteiger partial charge in [0, 0.05) is 18.8 Å². The fraction of sp³-hybridized carbons (Fsp3) is 0.200. The molecule has 0 saturated carbocycles. The van der Waals surface area contributed by atoms with Crippen molar-refractivity contribution in [3.05, 3.63) is 95.8 Å². The van der Waals surface area contributed by atoms with Crippen LogP contribution < -0.4 is 4.74 Å². The van der Waals surface area contributed by atoms with Crippen molar-refractivity contribution < 1.29 is 19.1 Å². The number of rotatable bonds is 4. The number of hydrogen-bond acceptors (Lipinski definition) is 6. The van der Waals surface area contributed by atoms with Gasteiger partial charge in [0.2, 0.25) is 11.4 Å². The molecule has 0 aliphatic carbocycles. The van der Waals surface area contributed by atoms with E-state index in [0.29, 0.717) is 16.9 Å². The molecular weight excluding hydrogens is 392 g/mol. The monoisotopic (exact) mass is 412 g/mol. The molecule has 2 aliphatic rings. The molecule has 0 amide bonds. The van der Waals surface area contributed by atoms with Gasteiger partial charge in [-0.25, -0.2) is 4.79 Å². The zero-order valence-electron chi connectivity index (χ0n) is 16.9. The molecular formula is C25H20N2O4. The van der Waals surface area contributed by atoms with Crippen LogP contribution in [0.4, 0.5) is 0 Å². The molecule has 0 saturated heterocycles. The number of ether oxygens (including phenoxy) is 2. The molecule has 31 heavy (non-hydrogen) atoms. The van der Waals surface area contributed by atoms with E-state index >= 15 is 0 Å². The number of esters is 1. The van der Waals surface area contributed by atoms with Gasteiger partial charge in [-0.2, -0.15) is 0 Å². The van der Waals surface area contributed by atoms with Crippen molar-refractivity contribution in [1.29, 1.82) is 0 Å². The van der Waals surface area contributed by atoms with E-state index in [1.165, 1.54) is 13.3 Å². The molecule has 0 radical (unpaired) electrons. The third-order valence-electron chi connectivity index (χ3n) is 6.03. The van der Waals surface area contributed by atoms with Gasteiger partial charge in [0.05, 0.1) is 24.8 Å². The largest absolute Gasteiger partial charge is 0.472 e. The summed E-state index contributed by atoms with van der Waals surface area (Å²) in [6.45, 7) is 0. The first-order chi connectivity index (χ1) is 15.1. The molecule has 0 fully saturated rings. The van der Waals surface area contributed by atoms with E-state index in [-0.39, 0.29) is 12.2 Å². The number of methoxy groups -OCH3 is 1. The summed E-state index contributed by atoms with van der Waals surface area (Å²) < 4.78 is 11.5. The molecule has 5 rings (SSSR count). The predicted octanol–water partition coefficient (Wildman–Crippen LogP) is 3.42. The number of ketones is 1. The van der Waals surface area contributed by atoms with Gasteiger partial charge in [0.1, 0.15) is 5.75 Å². The van der Waals surface area contributed by atoms with Crippen molar-refractivity contribution >= 4 is 18.0 Å². The second-order valence-electron chi connectivity index (χ2n) is 7.78. The molecule has 2 aromatic carbocycles. The van der Waals surface area contributed by atoms with Crippen LogP contribution in [-0.2, 0) is 16.0 Å². The fourth-order valence-electron chi connectivity index (χ4n) is 4.72. The van der Waals surface area contributed by atoms with Crippen molar-refractivity contribution in [1.82, 2.24) is 4.98 Å². The van der Waals surface area contributed by atoms with E-state index in [0.717, 1.165) is 5.56 Å². The van der Waals surface area contributed by atoms with Crippen molar-refractivity contribution in [2.75, 3.05) is 7.11 Å². The van der Waals surface area contributed by atoms with Gasteiger partial charge in [-0.3, -0.25) is 14.8 Å². The lowest BCUT2D eigenvalue weighted by Crippen LogP contribution is -2.55. The van der Waals surface area contributed by atoms with Crippen LogP contribution in [0.25, 0.3) is 0 Å². The topological polar surface area (TPSA) is 77.9 Å². The quantitative estimate of drug-likeness (QED) is 0.614. The first-order valence-corrected chi connectivity index (χ1v) is 10.0. The van der Waals surface area contributed by atoms with Crippen LogP contribution >= 0.6 is 0 Å². The van der Waals surface area contributed by atoms with Crippen LogP contribution in [0.15, 0.2) is 84.1 Å². The van der Waals surface area contributed by atoms with Crippen LogP contribution in [0.2, 0.25) is 0 Å². The predicted molar refractivity (Wildman–Crippen MR) is 114 cm³/mol. The summed E-state index contributed by atoms with van der Waals surface area (Å²) in [5.41, 5.74) is -0.767. The Bertz CT molecular complexity index is 1180. The third-order valence-corrected chi connectivity index (χ3v) is 6.03. The van der Waals surface area contributed by atoms with Crippen LogP contribution in [0.1, 0.15) is 27.4 Å². The molecule has 1 aromatic heterocycles. The smallest absolute Gasteiger partial charge is 0.334 e. The summed E-state index contributed by atoms with van der Waals surface area (Å²) >= 11 is 0. The normalized spacial score (nSPS) is 26.0. The SMILES string of the molecule is COC(=O)[C@]1(Cc2ccccc2)N=C[C@@]2(Oc3ccccc3C2=O)[C@H]1c1cccnc1. The Hall–Kier alpha value is -3.80. The summed E-state index contributed by atoms with van der Waals surface area (Å²) in [6, 6.07) is 20.3.